The number of carbonyl (C=O) groups excluding carboxylic acids is 3. The van der Waals surface area contributed by atoms with Crippen LogP contribution in [0.1, 0.15) is 53.0 Å². The minimum Gasteiger partial charge on any atom is -0.467 e. The van der Waals surface area contributed by atoms with Crippen LogP contribution in [0, 0.1) is 5.92 Å². The number of nitrogens with one attached hydrogen (secondary N) is 1. The molecule has 3 heterocycles. The van der Waals surface area contributed by atoms with E-state index >= 15 is 0 Å². The highest BCUT2D eigenvalue weighted by molar-refractivity contribution is 6.04. The van der Waals surface area contributed by atoms with Crippen LogP contribution in [0.25, 0.3) is 11.1 Å². The van der Waals surface area contributed by atoms with Gasteiger partial charge in [0.1, 0.15) is 11.9 Å². The van der Waals surface area contributed by atoms with Crippen molar-refractivity contribution in [3.05, 3.63) is 77.5 Å². The molecule has 3 aromatic rings. The Morgan fingerprint density at radius 1 is 0.974 bits per heavy atom. The number of rotatable bonds is 7. The number of pyridine rings is 1. The molecule has 2 aromatic carbocycles. The highest BCUT2D eigenvalue weighted by Crippen LogP contribution is 2.32. The van der Waals surface area contributed by atoms with Crippen LogP contribution in [0.2, 0.25) is 0 Å². The van der Waals surface area contributed by atoms with E-state index in [-0.39, 0.29) is 17.7 Å². The maximum atomic E-state index is 13.2. The Hall–Kier alpha value is -4.20. The van der Waals surface area contributed by atoms with Crippen LogP contribution in [0.15, 0.2) is 60.8 Å². The van der Waals surface area contributed by atoms with Gasteiger partial charge in [-0.3, -0.25) is 9.59 Å². The average molecular weight is 513 g/mol. The van der Waals surface area contributed by atoms with Gasteiger partial charge in [0.05, 0.1) is 12.7 Å². The van der Waals surface area contributed by atoms with Gasteiger partial charge in [0, 0.05) is 37.1 Å². The van der Waals surface area contributed by atoms with Crippen molar-refractivity contribution in [2.24, 2.45) is 5.92 Å². The monoisotopic (exact) mass is 512 g/mol. The van der Waals surface area contributed by atoms with E-state index in [4.69, 9.17) is 4.74 Å². The molecule has 0 unspecified atom stereocenters. The normalized spacial score (nSPS) is 15.5. The first kappa shape index (κ1) is 25.4. The predicted molar refractivity (Wildman–Crippen MR) is 146 cm³/mol. The van der Waals surface area contributed by atoms with Gasteiger partial charge in [0.25, 0.3) is 11.8 Å². The van der Waals surface area contributed by atoms with Gasteiger partial charge in [-0.05, 0) is 65.8 Å². The Morgan fingerprint density at radius 2 is 1.68 bits per heavy atom. The number of fused-ring (bicyclic) bond motifs is 1. The van der Waals surface area contributed by atoms with Crippen molar-refractivity contribution < 1.29 is 19.1 Å². The Balaban J connectivity index is 1.27. The molecule has 1 fully saturated rings. The van der Waals surface area contributed by atoms with Gasteiger partial charge in [-0.2, -0.15) is 0 Å². The number of nitrogens with zero attached hydrogens (tertiary/aromatic N) is 3. The number of hydrogen-bond donors (Lipinski definition) is 1. The van der Waals surface area contributed by atoms with Gasteiger partial charge < -0.3 is 19.9 Å². The molecule has 8 heteroatoms. The van der Waals surface area contributed by atoms with E-state index in [0.29, 0.717) is 23.4 Å². The fraction of sp³-hybridized carbons (Fsp3) is 0.333. The fourth-order valence-electron chi connectivity index (χ4n) is 5.21. The predicted octanol–water partition coefficient (Wildman–Crippen LogP) is 4.75. The molecule has 2 amide bonds. The molecule has 1 saturated heterocycles. The highest BCUT2D eigenvalue weighted by atomic mass is 16.5. The van der Waals surface area contributed by atoms with Crippen LogP contribution in [0.3, 0.4) is 0 Å². The number of ether oxygens (including phenoxy) is 1. The van der Waals surface area contributed by atoms with Gasteiger partial charge in [-0.15, -0.1) is 0 Å². The van der Waals surface area contributed by atoms with Crippen LogP contribution in [-0.4, -0.2) is 53.9 Å². The molecule has 0 aliphatic carbocycles. The first-order chi connectivity index (χ1) is 18.4. The third kappa shape index (κ3) is 4.98. The number of amides is 2. The average Bonchev–Trinajstić information content (AvgIpc) is 3.58. The first-order valence-corrected chi connectivity index (χ1v) is 13.0. The third-order valence-corrected chi connectivity index (χ3v) is 7.27. The zero-order valence-electron chi connectivity index (χ0n) is 21.9. The number of methoxy groups -OCH3 is 1. The number of benzene rings is 2. The summed E-state index contributed by atoms with van der Waals surface area (Å²) < 4.78 is 4.95. The molecule has 1 atom stereocenters. The Morgan fingerprint density at radius 3 is 2.32 bits per heavy atom. The van der Waals surface area contributed by atoms with Crippen molar-refractivity contribution in [2.45, 2.75) is 39.3 Å². The van der Waals surface area contributed by atoms with Gasteiger partial charge in [0.15, 0.2) is 0 Å². The molecule has 1 aromatic heterocycles. The molecule has 38 heavy (non-hydrogen) atoms. The van der Waals surface area contributed by atoms with E-state index in [9.17, 15) is 14.4 Å². The van der Waals surface area contributed by atoms with Crippen LogP contribution in [-0.2, 0) is 16.1 Å². The van der Waals surface area contributed by atoms with E-state index in [1.165, 1.54) is 20.0 Å². The SMILES string of the molecule is COC(=O)[C@H](C(C)C)N1Cc2ccc(-c3ccc(NC(=O)c4ccc(N5CCCC5)nc4)cc3)cc2C1=O. The topological polar surface area (TPSA) is 91.8 Å². The summed E-state index contributed by atoms with van der Waals surface area (Å²) in [7, 11) is 1.34. The number of anilines is 2. The van der Waals surface area contributed by atoms with Crippen molar-refractivity contribution in [3.8, 4) is 11.1 Å². The summed E-state index contributed by atoms with van der Waals surface area (Å²) in [4.78, 5) is 46.6. The molecule has 2 aliphatic rings. The maximum absolute atomic E-state index is 13.2. The van der Waals surface area contributed by atoms with Crippen LogP contribution in [0.4, 0.5) is 11.5 Å². The molecule has 8 nitrogen and oxygen atoms in total. The second-order valence-electron chi connectivity index (χ2n) is 10.1. The number of carbonyl (C=O) groups is 3. The standard InChI is InChI=1S/C30H32N4O4/c1-19(2)27(30(37)38-3)34-18-23-7-6-21(16-25(23)29(34)36)20-8-11-24(12-9-20)32-28(35)22-10-13-26(31-17-22)33-14-4-5-15-33/h6-13,16-17,19,27H,4-5,14-15,18H2,1-3H3,(H,32,35)/t27-/m0/s1. The fourth-order valence-corrected chi connectivity index (χ4v) is 5.21. The molecular formula is C30H32N4O4. The van der Waals surface area contributed by atoms with Crippen LogP contribution in [0.5, 0.6) is 0 Å². The van der Waals surface area contributed by atoms with Crippen molar-refractivity contribution >= 4 is 29.3 Å². The summed E-state index contributed by atoms with van der Waals surface area (Å²) >= 11 is 0. The maximum Gasteiger partial charge on any atom is 0.328 e. The van der Waals surface area contributed by atoms with E-state index in [1.807, 2.05) is 62.4 Å². The quantitative estimate of drug-likeness (QED) is 0.459. The summed E-state index contributed by atoms with van der Waals surface area (Å²) in [5.41, 5.74) is 4.47. The van der Waals surface area contributed by atoms with Gasteiger partial charge in [-0.25, -0.2) is 9.78 Å². The minimum atomic E-state index is -0.627. The number of hydrogen-bond acceptors (Lipinski definition) is 6. The largest absolute Gasteiger partial charge is 0.467 e. The Bertz CT molecular complexity index is 1350. The van der Waals surface area contributed by atoms with Crippen molar-refractivity contribution in [1.29, 1.82) is 0 Å². The lowest BCUT2D eigenvalue weighted by atomic mass is 10.00. The lowest BCUT2D eigenvalue weighted by molar-refractivity contribution is -0.147. The molecule has 5 rings (SSSR count). The molecule has 2 aliphatic heterocycles. The van der Waals surface area contributed by atoms with E-state index < -0.39 is 12.0 Å². The summed E-state index contributed by atoms with van der Waals surface area (Å²) in [5.74, 6) is 0.0504. The van der Waals surface area contributed by atoms with E-state index in [1.54, 1.807) is 17.2 Å². The molecular weight excluding hydrogens is 480 g/mol. The summed E-state index contributed by atoms with van der Waals surface area (Å²) in [6.45, 7) is 6.21. The van der Waals surface area contributed by atoms with Crippen molar-refractivity contribution in [2.75, 3.05) is 30.4 Å². The molecule has 0 bridgehead atoms. The van der Waals surface area contributed by atoms with Crippen molar-refractivity contribution in [1.82, 2.24) is 9.88 Å². The molecule has 1 N–H and O–H groups in total. The van der Waals surface area contributed by atoms with Gasteiger partial charge in [0.2, 0.25) is 0 Å². The van der Waals surface area contributed by atoms with E-state index in [0.717, 1.165) is 35.6 Å². The minimum absolute atomic E-state index is 0.0678. The molecule has 196 valence electrons. The number of aromatic nitrogens is 1. The van der Waals surface area contributed by atoms with Crippen LogP contribution >= 0.6 is 0 Å². The van der Waals surface area contributed by atoms with Crippen LogP contribution < -0.4 is 10.2 Å². The van der Waals surface area contributed by atoms with Gasteiger partial charge in [-0.1, -0.05) is 38.1 Å². The molecule has 0 spiro atoms. The summed E-state index contributed by atoms with van der Waals surface area (Å²) in [5, 5.41) is 2.92. The molecule has 0 radical (unpaired) electrons. The Labute approximate surface area is 222 Å². The molecule has 0 saturated carbocycles. The first-order valence-electron chi connectivity index (χ1n) is 13.0. The highest BCUT2D eigenvalue weighted by Gasteiger charge is 2.38. The second kappa shape index (κ2) is 10.7. The lowest BCUT2D eigenvalue weighted by Crippen LogP contribution is -2.45. The van der Waals surface area contributed by atoms with Crippen molar-refractivity contribution in [3.63, 3.8) is 0 Å². The van der Waals surface area contributed by atoms with Gasteiger partial charge >= 0.3 is 5.97 Å². The zero-order chi connectivity index (χ0) is 26.8. The Kier molecular flexibility index (Phi) is 7.13. The zero-order valence-corrected chi connectivity index (χ0v) is 21.9. The summed E-state index contributed by atoms with van der Waals surface area (Å²) in [6.07, 6.45) is 3.97. The third-order valence-electron chi connectivity index (χ3n) is 7.27. The summed E-state index contributed by atoms with van der Waals surface area (Å²) in [6, 6.07) is 16.4. The number of esters is 1. The second-order valence-corrected chi connectivity index (χ2v) is 10.1. The van der Waals surface area contributed by atoms with E-state index in [2.05, 4.69) is 15.2 Å². The lowest BCUT2D eigenvalue weighted by Gasteiger charge is -2.28. The smallest absolute Gasteiger partial charge is 0.328 e.